The van der Waals surface area contributed by atoms with Gasteiger partial charge in [-0.2, -0.15) is 5.10 Å². The number of nitrogens with zero attached hydrogens (tertiary/aromatic N) is 4. The second kappa shape index (κ2) is 8.58. The summed E-state index contributed by atoms with van der Waals surface area (Å²) < 4.78 is 36.0. The van der Waals surface area contributed by atoms with Gasteiger partial charge in [0.05, 0.1) is 6.61 Å². The molecule has 2 aromatic heterocycles. The molecule has 0 spiro atoms. The third-order valence-electron chi connectivity index (χ3n) is 5.71. The minimum Gasteiger partial charge on any atom is -0.444 e. The van der Waals surface area contributed by atoms with Gasteiger partial charge in [0.15, 0.2) is 5.82 Å². The molecule has 1 aliphatic heterocycles. The van der Waals surface area contributed by atoms with Crippen LogP contribution in [0.3, 0.4) is 0 Å². The summed E-state index contributed by atoms with van der Waals surface area (Å²) in [5, 5.41) is 13.6. The molecule has 0 radical (unpaired) electrons. The summed E-state index contributed by atoms with van der Waals surface area (Å²) in [5.74, 6) is -1.62. The number of aliphatic hydroxyl groups is 1. The molecule has 0 saturated carbocycles. The van der Waals surface area contributed by atoms with Gasteiger partial charge in [-0.15, -0.1) is 0 Å². The quantitative estimate of drug-likeness (QED) is 0.616. The number of nitrogen functional groups attached to an aromatic ring is 1. The molecule has 3 heterocycles. The Kier molecular flexibility index (Phi) is 5.96. The number of likely N-dealkylation sites (tertiary alicyclic amines) is 1. The number of carbonyl (C=O) groups is 1. The molecule has 0 bridgehead atoms. The van der Waals surface area contributed by atoms with Crippen molar-refractivity contribution in [1.82, 2.24) is 19.5 Å². The number of piperidine rings is 1. The number of hydrogen-bond donors (Lipinski definition) is 2. The van der Waals surface area contributed by atoms with Gasteiger partial charge in [-0.1, -0.05) is 0 Å². The monoisotopic (exact) mass is 459 g/mol. The van der Waals surface area contributed by atoms with Crippen LogP contribution in [0.5, 0.6) is 0 Å². The molecule has 3 aromatic rings. The van der Waals surface area contributed by atoms with Crippen LogP contribution in [0, 0.1) is 11.6 Å². The zero-order valence-electron chi connectivity index (χ0n) is 18.8. The van der Waals surface area contributed by atoms with Crippen molar-refractivity contribution in [3.8, 4) is 11.1 Å². The lowest BCUT2D eigenvalue weighted by atomic mass is 9.94. The first kappa shape index (κ1) is 22.9. The van der Waals surface area contributed by atoms with Crippen molar-refractivity contribution in [2.75, 3.05) is 18.8 Å². The molecule has 1 fully saturated rings. The summed E-state index contributed by atoms with van der Waals surface area (Å²) >= 11 is 0. The maximum absolute atomic E-state index is 14.4. The Morgan fingerprint density at radius 1 is 1.27 bits per heavy atom. The molecule has 176 valence electrons. The highest BCUT2D eigenvalue weighted by Crippen LogP contribution is 2.37. The summed E-state index contributed by atoms with van der Waals surface area (Å²) in [7, 11) is 0. The third kappa shape index (κ3) is 4.47. The van der Waals surface area contributed by atoms with Gasteiger partial charge in [-0.3, -0.25) is 0 Å². The SMILES string of the molecule is CC(C)(C)OC(=O)N1CCC[C@H](c2cc(-c3cc(F)c(CO)c(F)c3)c3c(N)ncnn23)C1. The number of ether oxygens (including phenoxy) is 1. The molecule has 1 atom stereocenters. The van der Waals surface area contributed by atoms with Crippen LogP contribution in [0.2, 0.25) is 0 Å². The highest BCUT2D eigenvalue weighted by atomic mass is 19.1. The van der Waals surface area contributed by atoms with Crippen LogP contribution in [0.4, 0.5) is 19.4 Å². The van der Waals surface area contributed by atoms with E-state index in [0.29, 0.717) is 24.2 Å². The number of anilines is 1. The van der Waals surface area contributed by atoms with Crippen LogP contribution in [-0.4, -0.2) is 49.4 Å². The van der Waals surface area contributed by atoms with Crippen molar-refractivity contribution in [1.29, 1.82) is 0 Å². The van der Waals surface area contributed by atoms with E-state index in [0.717, 1.165) is 30.7 Å². The number of benzene rings is 1. The lowest BCUT2D eigenvalue weighted by Crippen LogP contribution is -2.42. The van der Waals surface area contributed by atoms with Gasteiger partial charge in [0, 0.05) is 35.8 Å². The molecular formula is C23H27F2N5O3. The molecular weight excluding hydrogens is 432 g/mol. The molecule has 8 nitrogen and oxygen atoms in total. The number of carbonyl (C=O) groups excluding carboxylic acids is 1. The lowest BCUT2D eigenvalue weighted by molar-refractivity contribution is 0.0196. The molecule has 33 heavy (non-hydrogen) atoms. The minimum atomic E-state index is -0.849. The fraction of sp³-hybridized carbons (Fsp3) is 0.435. The summed E-state index contributed by atoms with van der Waals surface area (Å²) in [6.07, 6.45) is 2.49. The van der Waals surface area contributed by atoms with E-state index in [9.17, 15) is 18.7 Å². The second-order valence-electron chi connectivity index (χ2n) is 9.23. The van der Waals surface area contributed by atoms with E-state index in [2.05, 4.69) is 10.1 Å². The van der Waals surface area contributed by atoms with Crippen LogP contribution in [0.15, 0.2) is 24.5 Å². The summed E-state index contributed by atoms with van der Waals surface area (Å²) in [4.78, 5) is 18.3. The number of halogens is 2. The van der Waals surface area contributed by atoms with Gasteiger partial charge in [0.25, 0.3) is 0 Å². The molecule has 1 saturated heterocycles. The van der Waals surface area contributed by atoms with Gasteiger partial charge in [0.1, 0.15) is 29.1 Å². The van der Waals surface area contributed by atoms with Crippen LogP contribution in [0.25, 0.3) is 16.6 Å². The number of nitrogens with two attached hydrogens (primary N) is 1. The number of fused-ring (bicyclic) bond motifs is 1. The average Bonchev–Trinajstić information content (AvgIpc) is 3.13. The van der Waals surface area contributed by atoms with Crippen molar-refractivity contribution < 1.29 is 23.4 Å². The molecule has 1 aromatic carbocycles. The van der Waals surface area contributed by atoms with E-state index in [4.69, 9.17) is 10.5 Å². The fourth-order valence-electron chi connectivity index (χ4n) is 4.22. The van der Waals surface area contributed by atoms with Gasteiger partial charge in [-0.25, -0.2) is 23.1 Å². The molecule has 10 heteroatoms. The van der Waals surface area contributed by atoms with Gasteiger partial charge < -0.3 is 20.5 Å². The maximum Gasteiger partial charge on any atom is 0.410 e. The topological polar surface area (TPSA) is 106 Å². The Labute approximate surface area is 190 Å². The first-order valence-electron chi connectivity index (χ1n) is 10.8. The predicted octanol–water partition coefficient (Wildman–Crippen LogP) is 3.86. The number of hydrogen-bond acceptors (Lipinski definition) is 6. The Hall–Kier alpha value is -3.27. The second-order valence-corrected chi connectivity index (χ2v) is 9.23. The van der Waals surface area contributed by atoms with E-state index in [1.165, 1.54) is 6.33 Å². The third-order valence-corrected chi connectivity index (χ3v) is 5.71. The number of aromatic nitrogens is 3. The number of amides is 1. The van der Waals surface area contributed by atoms with Crippen LogP contribution < -0.4 is 5.73 Å². The summed E-state index contributed by atoms with van der Waals surface area (Å²) in [6.45, 7) is 5.71. The normalized spacial score (nSPS) is 16.9. The zero-order chi connectivity index (χ0) is 23.9. The van der Waals surface area contributed by atoms with Gasteiger partial charge in [-0.05, 0) is 57.4 Å². The van der Waals surface area contributed by atoms with Gasteiger partial charge >= 0.3 is 6.09 Å². The molecule has 3 N–H and O–H groups in total. The molecule has 1 aliphatic rings. The first-order valence-corrected chi connectivity index (χ1v) is 10.8. The standard InChI is InChI=1S/C23H27F2N5O3/c1-23(2,3)33-22(32)29-6-4-5-13(10-29)19-9-15(20-21(26)27-12-28-30(19)20)14-7-17(24)16(11-31)18(25)8-14/h7-9,12-13,31H,4-6,10-11H2,1-3H3,(H2,26,27,28)/t13-/m0/s1. The van der Waals surface area contributed by atoms with Crippen LogP contribution >= 0.6 is 0 Å². The van der Waals surface area contributed by atoms with Crippen molar-refractivity contribution in [3.63, 3.8) is 0 Å². The summed E-state index contributed by atoms with van der Waals surface area (Å²) in [5.41, 5.74) is 7.05. The van der Waals surface area contributed by atoms with Gasteiger partial charge in [0.2, 0.25) is 0 Å². The van der Waals surface area contributed by atoms with Crippen LogP contribution in [-0.2, 0) is 11.3 Å². The van der Waals surface area contributed by atoms with E-state index in [1.807, 2.05) is 20.8 Å². The average molecular weight is 459 g/mol. The highest BCUT2D eigenvalue weighted by Gasteiger charge is 2.31. The summed E-state index contributed by atoms with van der Waals surface area (Å²) in [6, 6.07) is 4.11. The molecule has 0 unspecified atom stereocenters. The fourth-order valence-corrected chi connectivity index (χ4v) is 4.22. The van der Waals surface area contributed by atoms with E-state index >= 15 is 0 Å². The number of rotatable bonds is 3. The van der Waals surface area contributed by atoms with Crippen molar-refractivity contribution >= 4 is 17.4 Å². The van der Waals surface area contributed by atoms with E-state index in [1.54, 1.807) is 15.5 Å². The Morgan fingerprint density at radius 3 is 2.61 bits per heavy atom. The smallest absolute Gasteiger partial charge is 0.410 e. The minimum absolute atomic E-state index is 0.0896. The maximum atomic E-state index is 14.4. The molecule has 4 rings (SSSR count). The van der Waals surface area contributed by atoms with Crippen molar-refractivity contribution in [2.24, 2.45) is 0 Å². The molecule has 1 amide bonds. The molecule has 0 aliphatic carbocycles. The van der Waals surface area contributed by atoms with Crippen molar-refractivity contribution in [2.45, 2.75) is 51.7 Å². The lowest BCUT2D eigenvalue weighted by Gasteiger charge is -2.34. The van der Waals surface area contributed by atoms with Crippen LogP contribution in [0.1, 0.15) is 50.8 Å². The van der Waals surface area contributed by atoms with E-state index < -0.39 is 29.4 Å². The zero-order valence-corrected chi connectivity index (χ0v) is 18.8. The Balaban J connectivity index is 1.76. The predicted molar refractivity (Wildman–Crippen MR) is 118 cm³/mol. The number of aliphatic hydroxyl groups excluding tert-OH is 1. The van der Waals surface area contributed by atoms with Crippen molar-refractivity contribution in [3.05, 3.63) is 47.4 Å². The Morgan fingerprint density at radius 2 is 1.97 bits per heavy atom. The first-order chi connectivity index (χ1) is 15.6. The Bertz CT molecular complexity index is 1180. The highest BCUT2D eigenvalue weighted by molar-refractivity contribution is 5.88. The van der Waals surface area contributed by atoms with E-state index in [-0.39, 0.29) is 23.4 Å². The largest absolute Gasteiger partial charge is 0.444 e.